The van der Waals surface area contributed by atoms with E-state index in [2.05, 4.69) is 15.1 Å². The summed E-state index contributed by atoms with van der Waals surface area (Å²) in [6, 6.07) is 1.92. The molecule has 1 N–H and O–H groups in total. The van der Waals surface area contributed by atoms with Crippen LogP contribution >= 0.6 is 46.1 Å². The van der Waals surface area contributed by atoms with E-state index in [-0.39, 0.29) is 50.7 Å². The Morgan fingerprint density at radius 1 is 1.30 bits per heavy atom. The molecular formula is C19H20Cl3FN4O4S2. The van der Waals surface area contributed by atoms with Crippen molar-refractivity contribution >= 4 is 73.5 Å². The fraction of sp³-hybridized carbons (Fsp3) is 0.474. The number of alkyl halides is 2. The highest BCUT2D eigenvalue weighted by molar-refractivity contribution is 7.92. The van der Waals surface area contributed by atoms with E-state index < -0.39 is 25.1 Å². The Bertz CT molecular complexity index is 1150. The van der Waals surface area contributed by atoms with E-state index in [4.69, 9.17) is 34.8 Å². The van der Waals surface area contributed by atoms with Gasteiger partial charge in [-0.3, -0.25) is 4.79 Å². The minimum atomic E-state index is -4.63. The monoisotopic (exact) mass is 556 g/mol. The fourth-order valence-corrected chi connectivity index (χ4v) is 7.55. The number of hydrogen-bond donors (Lipinski definition) is 1. The lowest BCUT2D eigenvalue weighted by molar-refractivity contribution is -0.128. The lowest BCUT2D eigenvalue weighted by Gasteiger charge is -2.36. The number of anilines is 2. The number of halogens is 4. The van der Waals surface area contributed by atoms with Crippen molar-refractivity contribution in [3.63, 3.8) is 0 Å². The molecule has 0 radical (unpaired) electrons. The molecule has 1 aromatic carbocycles. The van der Waals surface area contributed by atoms with Gasteiger partial charge in [-0.2, -0.15) is 8.42 Å². The Balaban J connectivity index is 1.63. The van der Waals surface area contributed by atoms with Gasteiger partial charge in [0.1, 0.15) is 15.0 Å². The molecule has 2 fully saturated rings. The van der Waals surface area contributed by atoms with Crippen LogP contribution in [0.1, 0.15) is 12.8 Å². The zero-order chi connectivity index (χ0) is 24.1. The first kappa shape index (κ1) is 24.7. The third-order valence-electron chi connectivity index (χ3n) is 6.07. The Morgan fingerprint density at radius 2 is 2.00 bits per heavy atom. The maximum atomic E-state index is 15.1. The summed E-state index contributed by atoms with van der Waals surface area (Å²) in [6.07, 6.45) is 2.74. The van der Waals surface area contributed by atoms with Crippen LogP contribution in [0.15, 0.2) is 28.6 Å². The zero-order valence-electron chi connectivity index (χ0n) is 17.4. The Labute approximate surface area is 209 Å². The average molecular weight is 558 g/mol. The number of likely N-dealkylation sites (N-methyl/N-ethyl adjacent to an activating group) is 1. The summed E-state index contributed by atoms with van der Waals surface area (Å²) in [5.41, 5.74) is 0.232. The predicted molar refractivity (Wildman–Crippen MR) is 126 cm³/mol. The molecule has 33 heavy (non-hydrogen) atoms. The number of carbonyl (C=O) groups is 1. The third-order valence-corrected chi connectivity index (χ3v) is 9.92. The van der Waals surface area contributed by atoms with E-state index in [0.29, 0.717) is 6.42 Å². The largest absolute Gasteiger partial charge is 0.379 e. The first-order valence-corrected chi connectivity index (χ1v) is 13.3. The molecule has 0 bridgehead atoms. The molecule has 0 saturated heterocycles. The maximum absolute atomic E-state index is 15.1. The van der Waals surface area contributed by atoms with Crippen molar-refractivity contribution in [2.24, 2.45) is 11.8 Å². The second kappa shape index (κ2) is 9.01. The molecule has 0 unspecified atom stereocenters. The van der Waals surface area contributed by atoms with Crippen molar-refractivity contribution in [1.29, 1.82) is 0 Å². The van der Waals surface area contributed by atoms with Crippen molar-refractivity contribution in [2.45, 2.75) is 34.2 Å². The van der Waals surface area contributed by atoms with Gasteiger partial charge in [0.05, 0.1) is 10.7 Å². The summed E-state index contributed by atoms with van der Waals surface area (Å²) in [5.74, 6) is -0.755. The van der Waals surface area contributed by atoms with Crippen LogP contribution in [0.2, 0.25) is 5.02 Å². The van der Waals surface area contributed by atoms with Crippen molar-refractivity contribution in [3.8, 4) is 0 Å². The van der Waals surface area contributed by atoms with Crippen LogP contribution in [-0.2, 0) is 19.7 Å². The van der Waals surface area contributed by atoms with Gasteiger partial charge in [-0.15, -0.1) is 34.5 Å². The van der Waals surface area contributed by atoms with Crippen molar-refractivity contribution in [1.82, 2.24) is 9.88 Å². The summed E-state index contributed by atoms with van der Waals surface area (Å²) in [4.78, 5) is 20.6. The second-order valence-corrected chi connectivity index (χ2v) is 12.6. The maximum Gasteiger partial charge on any atom is 0.322 e. The molecule has 4 rings (SSSR count). The first-order valence-electron chi connectivity index (χ1n) is 9.83. The number of fused-ring (bicyclic) bond motifs is 1. The van der Waals surface area contributed by atoms with E-state index >= 15 is 4.39 Å². The predicted octanol–water partition coefficient (Wildman–Crippen LogP) is 4.14. The summed E-state index contributed by atoms with van der Waals surface area (Å²) in [6.45, 7) is -0.0855. The number of benzene rings is 1. The van der Waals surface area contributed by atoms with E-state index in [0.717, 1.165) is 29.9 Å². The molecule has 2 aromatic rings. The van der Waals surface area contributed by atoms with Crippen LogP contribution < -0.4 is 9.79 Å². The standard InChI is InChI=1S/C19H20Cl3FN4O4S2/c1-26(2)16-6-11-10(19(11,21)22)5-15(16)25-14-8-13(23)17(7-12(14)20)33(29,30)27(31-9-28)18-24-3-4-32-18/h3-4,7-11,15-16,25H,5-6H2,1-2H3/t10-,11+,15+,16+/m0/s1. The van der Waals surface area contributed by atoms with E-state index in [1.807, 2.05) is 19.0 Å². The Kier molecular flexibility index (Phi) is 6.76. The van der Waals surface area contributed by atoms with Gasteiger partial charge in [0.25, 0.3) is 0 Å². The molecular weight excluding hydrogens is 538 g/mol. The van der Waals surface area contributed by atoms with Gasteiger partial charge in [-0.25, -0.2) is 9.37 Å². The molecule has 0 spiro atoms. The fourth-order valence-electron chi connectivity index (χ4n) is 4.36. The molecule has 1 aromatic heterocycles. The topological polar surface area (TPSA) is 91.8 Å². The van der Waals surface area contributed by atoms with Gasteiger partial charge in [0.2, 0.25) is 5.13 Å². The number of carbonyl (C=O) groups excluding carboxylic acids is 1. The van der Waals surface area contributed by atoms with Crippen LogP contribution in [0, 0.1) is 17.7 Å². The molecule has 180 valence electrons. The normalized spacial score (nSPS) is 25.9. The molecule has 1 heterocycles. The van der Waals surface area contributed by atoms with E-state index in [1.54, 1.807) is 0 Å². The second-order valence-electron chi connectivity index (χ2n) is 8.15. The molecule has 4 atom stereocenters. The van der Waals surface area contributed by atoms with E-state index in [1.165, 1.54) is 11.6 Å². The highest BCUT2D eigenvalue weighted by atomic mass is 35.5. The molecule has 0 aliphatic heterocycles. The van der Waals surface area contributed by atoms with Crippen molar-refractivity contribution in [2.75, 3.05) is 23.9 Å². The summed E-state index contributed by atoms with van der Waals surface area (Å²) < 4.78 is 40.6. The number of thiazole rings is 1. The van der Waals surface area contributed by atoms with E-state index in [9.17, 15) is 13.2 Å². The lowest BCUT2D eigenvalue weighted by atomic mass is 9.89. The Hall–Kier alpha value is -1.37. The van der Waals surface area contributed by atoms with Gasteiger partial charge < -0.3 is 15.1 Å². The van der Waals surface area contributed by atoms with Gasteiger partial charge in [-0.05, 0) is 50.9 Å². The van der Waals surface area contributed by atoms with Crippen molar-refractivity contribution in [3.05, 3.63) is 34.5 Å². The molecule has 2 aliphatic carbocycles. The molecule has 2 saturated carbocycles. The Morgan fingerprint density at radius 3 is 2.61 bits per heavy atom. The highest BCUT2D eigenvalue weighted by Gasteiger charge is 2.66. The zero-order valence-corrected chi connectivity index (χ0v) is 21.3. The number of hydrogen-bond acceptors (Lipinski definition) is 8. The summed E-state index contributed by atoms with van der Waals surface area (Å²) in [7, 11) is -0.764. The summed E-state index contributed by atoms with van der Waals surface area (Å²) >= 11 is 20.1. The SMILES string of the molecule is CN(C)[C@@H]1C[C@@H]2[C@H](C[C@H]1Nc1cc(F)c(S(=O)(=O)N(OC=O)c3nccs3)cc1Cl)C2(Cl)Cl. The van der Waals surface area contributed by atoms with Gasteiger partial charge >= 0.3 is 16.5 Å². The molecule has 0 amide bonds. The third kappa shape index (κ3) is 4.51. The molecule has 14 heteroatoms. The van der Waals surface area contributed by atoms with Gasteiger partial charge in [-0.1, -0.05) is 16.1 Å². The lowest BCUT2D eigenvalue weighted by Crippen LogP contribution is -2.46. The number of aromatic nitrogens is 1. The van der Waals surface area contributed by atoms with Crippen molar-refractivity contribution < 1.29 is 22.4 Å². The van der Waals surface area contributed by atoms with Crippen LogP contribution in [0.25, 0.3) is 0 Å². The minimum Gasteiger partial charge on any atom is -0.379 e. The smallest absolute Gasteiger partial charge is 0.322 e. The van der Waals surface area contributed by atoms with Crippen LogP contribution in [-0.4, -0.2) is 55.3 Å². The minimum absolute atomic E-state index is 0.0152. The molecule has 8 nitrogen and oxygen atoms in total. The molecule has 2 aliphatic rings. The number of rotatable bonds is 8. The van der Waals surface area contributed by atoms with Crippen LogP contribution in [0.4, 0.5) is 15.2 Å². The average Bonchev–Trinajstić information content (AvgIpc) is 3.09. The quantitative estimate of drug-likeness (QED) is 0.296. The van der Waals surface area contributed by atoms with Crippen LogP contribution in [0.3, 0.4) is 0 Å². The number of sulfonamides is 1. The highest BCUT2D eigenvalue weighted by Crippen LogP contribution is 2.65. The first-order chi connectivity index (χ1) is 15.5. The van der Waals surface area contributed by atoms with Gasteiger partial charge in [0.15, 0.2) is 0 Å². The van der Waals surface area contributed by atoms with Gasteiger partial charge in [0, 0.05) is 23.7 Å². The number of nitrogens with one attached hydrogen (secondary N) is 1. The van der Waals surface area contributed by atoms with Crippen LogP contribution in [0.5, 0.6) is 0 Å². The summed E-state index contributed by atoms with van der Waals surface area (Å²) in [5, 5.41) is 4.54. The number of nitrogens with zero attached hydrogens (tertiary/aromatic N) is 3.